The Bertz CT molecular complexity index is 206. The molecule has 1 unspecified atom stereocenters. The summed E-state index contributed by atoms with van der Waals surface area (Å²) >= 11 is 4.25. The van der Waals surface area contributed by atoms with Crippen LogP contribution in [-0.2, 0) is 6.42 Å². The molecule has 0 aliphatic carbocycles. The molecule has 12 heavy (non-hydrogen) atoms. The third-order valence-electron chi connectivity index (χ3n) is 1.96. The molecule has 66 valence electrons. The highest BCUT2D eigenvalue weighted by Gasteiger charge is 2.04. The molecular weight excluding hydrogens is 166 g/mol. The van der Waals surface area contributed by atoms with Gasteiger partial charge in [-0.25, -0.2) is 0 Å². The first kappa shape index (κ1) is 9.62. The molecule has 2 N–H and O–H groups in total. The molecule has 0 spiro atoms. The van der Waals surface area contributed by atoms with Gasteiger partial charge in [-0.05, 0) is 30.2 Å². The van der Waals surface area contributed by atoms with Gasteiger partial charge in [-0.2, -0.15) is 12.6 Å². The maximum Gasteiger partial charge on any atom is -0.00379 e. The van der Waals surface area contributed by atoms with Crippen LogP contribution >= 0.6 is 12.6 Å². The Morgan fingerprint density at radius 2 is 1.92 bits per heavy atom. The molecule has 0 aromatic heterocycles. The van der Waals surface area contributed by atoms with Crippen LogP contribution in [0.5, 0.6) is 0 Å². The van der Waals surface area contributed by atoms with Crippen molar-refractivity contribution in [3.05, 3.63) is 35.9 Å². The number of hydrogen-bond donors (Lipinski definition) is 2. The van der Waals surface area contributed by atoms with Gasteiger partial charge in [0.05, 0.1) is 0 Å². The average Bonchev–Trinajstić information content (AvgIpc) is 2.16. The van der Waals surface area contributed by atoms with E-state index in [1.165, 1.54) is 5.56 Å². The second kappa shape index (κ2) is 5.22. The van der Waals surface area contributed by atoms with Crippen LogP contribution in [-0.4, -0.2) is 12.3 Å². The molecule has 0 heterocycles. The highest BCUT2D eigenvalue weighted by Crippen LogP contribution is 2.08. The first-order valence-corrected chi connectivity index (χ1v) is 4.85. The predicted octanol–water partition coefficient (Wildman–Crippen LogP) is 1.73. The zero-order valence-corrected chi connectivity index (χ0v) is 8.00. The third kappa shape index (κ3) is 2.88. The van der Waals surface area contributed by atoms with Gasteiger partial charge < -0.3 is 5.73 Å². The number of hydrogen-bond acceptors (Lipinski definition) is 2. The minimum Gasteiger partial charge on any atom is -0.330 e. The van der Waals surface area contributed by atoms with Crippen molar-refractivity contribution in [2.24, 2.45) is 11.7 Å². The van der Waals surface area contributed by atoms with Crippen molar-refractivity contribution < 1.29 is 0 Å². The minimum atomic E-state index is 0.510. The maximum absolute atomic E-state index is 5.58. The number of benzene rings is 1. The quantitative estimate of drug-likeness (QED) is 0.680. The summed E-state index contributed by atoms with van der Waals surface area (Å²) in [4.78, 5) is 0. The van der Waals surface area contributed by atoms with Gasteiger partial charge in [0.15, 0.2) is 0 Å². The molecule has 2 heteroatoms. The zero-order valence-electron chi connectivity index (χ0n) is 7.11. The summed E-state index contributed by atoms with van der Waals surface area (Å²) in [6.07, 6.45) is 1.04. The first-order chi connectivity index (χ1) is 5.86. The van der Waals surface area contributed by atoms with Gasteiger partial charge in [-0.15, -0.1) is 0 Å². The molecule has 1 aromatic rings. The third-order valence-corrected chi connectivity index (χ3v) is 2.48. The summed E-state index contributed by atoms with van der Waals surface area (Å²) < 4.78 is 0. The average molecular weight is 181 g/mol. The molecule has 0 saturated carbocycles. The topological polar surface area (TPSA) is 26.0 Å². The molecule has 0 saturated heterocycles. The molecule has 0 radical (unpaired) electrons. The van der Waals surface area contributed by atoms with E-state index in [2.05, 4.69) is 36.9 Å². The van der Waals surface area contributed by atoms with Crippen LogP contribution in [0.15, 0.2) is 30.3 Å². The van der Waals surface area contributed by atoms with E-state index >= 15 is 0 Å². The lowest BCUT2D eigenvalue weighted by molar-refractivity contribution is 0.605. The van der Waals surface area contributed by atoms with E-state index in [0.29, 0.717) is 5.92 Å². The van der Waals surface area contributed by atoms with E-state index in [1.54, 1.807) is 0 Å². The first-order valence-electron chi connectivity index (χ1n) is 4.21. The smallest absolute Gasteiger partial charge is 0.00379 e. The monoisotopic (exact) mass is 181 g/mol. The molecule has 1 rings (SSSR count). The van der Waals surface area contributed by atoms with E-state index in [4.69, 9.17) is 5.73 Å². The Hall–Kier alpha value is -0.470. The van der Waals surface area contributed by atoms with Gasteiger partial charge in [-0.1, -0.05) is 30.3 Å². The second-order valence-electron chi connectivity index (χ2n) is 2.97. The molecular formula is C10H15NS. The Morgan fingerprint density at radius 3 is 2.42 bits per heavy atom. The van der Waals surface area contributed by atoms with Crippen LogP contribution < -0.4 is 5.73 Å². The fourth-order valence-electron chi connectivity index (χ4n) is 1.17. The Labute approximate surface area is 79.4 Å². The van der Waals surface area contributed by atoms with Crippen molar-refractivity contribution >= 4 is 12.6 Å². The molecule has 1 atom stereocenters. The lowest BCUT2D eigenvalue weighted by atomic mass is 10.0. The van der Waals surface area contributed by atoms with Crippen LogP contribution in [0, 0.1) is 5.92 Å². The largest absolute Gasteiger partial charge is 0.330 e. The van der Waals surface area contributed by atoms with Crippen molar-refractivity contribution in [3.8, 4) is 0 Å². The molecule has 0 fully saturated rings. The van der Waals surface area contributed by atoms with Gasteiger partial charge in [-0.3, -0.25) is 0 Å². The van der Waals surface area contributed by atoms with Crippen LogP contribution in [0.1, 0.15) is 5.56 Å². The van der Waals surface area contributed by atoms with Crippen LogP contribution in [0.25, 0.3) is 0 Å². The van der Waals surface area contributed by atoms with Crippen LogP contribution in [0.2, 0.25) is 0 Å². The van der Waals surface area contributed by atoms with Crippen LogP contribution in [0.4, 0.5) is 0 Å². The summed E-state index contributed by atoms with van der Waals surface area (Å²) in [6.45, 7) is 0.721. The van der Waals surface area contributed by atoms with Gasteiger partial charge in [0.1, 0.15) is 0 Å². The zero-order chi connectivity index (χ0) is 8.81. The molecule has 0 aliphatic heterocycles. The van der Waals surface area contributed by atoms with E-state index in [1.807, 2.05) is 6.07 Å². The van der Waals surface area contributed by atoms with Crippen LogP contribution in [0.3, 0.4) is 0 Å². The standard InChI is InChI=1S/C10H15NS/c11-7-10(8-12)6-9-4-2-1-3-5-9/h1-5,10,12H,6-8,11H2. The lowest BCUT2D eigenvalue weighted by Crippen LogP contribution is -2.18. The SMILES string of the molecule is NCC(CS)Cc1ccccc1. The van der Waals surface area contributed by atoms with Gasteiger partial charge >= 0.3 is 0 Å². The molecule has 1 nitrogen and oxygen atoms in total. The fourth-order valence-corrected chi connectivity index (χ4v) is 1.45. The lowest BCUT2D eigenvalue weighted by Gasteiger charge is -2.10. The van der Waals surface area contributed by atoms with E-state index < -0.39 is 0 Å². The highest BCUT2D eigenvalue weighted by molar-refractivity contribution is 7.80. The molecule has 0 bridgehead atoms. The van der Waals surface area contributed by atoms with Crippen molar-refractivity contribution in [2.75, 3.05) is 12.3 Å². The summed E-state index contributed by atoms with van der Waals surface area (Å²) in [7, 11) is 0. The van der Waals surface area contributed by atoms with Gasteiger partial charge in [0.25, 0.3) is 0 Å². The van der Waals surface area contributed by atoms with Crippen molar-refractivity contribution in [3.63, 3.8) is 0 Å². The van der Waals surface area contributed by atoms with Gasteiger partial charge in [0, 0.05) is 0 Å². The van der Waals surface area contributed by atoms with Crippen molar-refractivity contribution in [2.45, 2.75) is 6.42 Å². The summed E-state index contributed by atoms with van der Waals surface area (Å²) in [5, 5.41) is 0. The molecule has 0 amide bonds. The highest BCUT2D eigenvalue weighted by atomic mass is 32.1. The summed E-state index contributed by atoms with van der Waals surface area (Å²) in [5.41, 5.74) is 6.93. The Kier molecular flexibility index (Phi) is 4.19. The Balaban J connectivity index is 2.51. The second-order valence-corrected chi connectivity index (χ2v) is 3.34. The van der Waals surface area contributed by atoms with Crippen molar-refractivity contribution in [1.29, 1.82) is 0 Å². The predicted molar refractivity (Wildman–Crippen MR) is 56.5 cm³/mol. The fraction of sp³-hybridized carbons (Fsp3) is 0.400. The number of nitrogens with two attached hydrogens (primary N) is 1. The number of thiol groups is 1. The molecule has 0 aliphatic rings. The number of rotatable bonds is 4. The maximum atomic E-state index is 5.58. The van der Waals surface area contributed by atoms with Gasteiger partial charge in [0.2, 0.25) is 0 Å². The summed E-state index contributed by atoms with van der Waals surface area (Å²) in [6, 6.07) is 10.4. The summed E-state index contributed by atoms with van der Waals surface area (Å²) in [5.74, 6) is 1.38. The van der Waals surface area contributed by atoms with E-state index in [9.17, 15) is 0 Å². The Morgan fingerprint density at radius 1 is 1.25 bits per heavy atom. The van der Waals surface area contributed by atoms with E-state index in [0.717, 1.165) is 18.7 Å². The van der Waals surface area contributed by atoms with Crippen molar-refractivity contribution in [1.82, 2.24) is 0 Å². The normalized spacial score (nSPS) is 12.8. The minimum absolute atomic E-state index is 0.510. The van der Waals surface area contributed by atoms with E-state index in [-0.39, 0.29) is 0 Å². The molecule has 1 aromatic carbocycles.